The predicted molar refractivity (Wildman–Crippen MR) is 83.8 cm³/mol. The van der Waals surface area contributed by atoms with Crippen LogP contribution < -0.4 is 0 Å². The lowest BCUT2D eigenvalue weighted by molar-refractivity contribution is -0.151. The Morgan fingerprint density at radius 3 is 2.38 bits per heavy atom. The van der Waals surface area contributed by atoms with E-state index in [1.165, 1.54) is 13.0 Å². The average Bonchev–Trinajstić information content (AvgIpc) is 2.58. The Kier molecular flexibility index (Phi) is 5.48. The van der Waals surface area contributed by atoms with E-state index in [0.717, 1.165) is 25.3 Å². The lowest BCUT2D eigenvalue weighted by Gasteiger charge is -2.37. The number of rotatable bonds is 4. The van der Waals surface area contributed by atoms with Crippen molar-refractivity contribution in [3.63, 3.8) is 0 Å². The van der Waals surface area contributed by atoms with Gasteiger partial charge in [0, 0.05) is 11.6 Å². The van der Waals surface area contributed by atoms with Gasteiger partial charge in [-0.2, -0.15) is 13.2 Å². The fraction of sp³-hybridized carbons (Fsp3) is 0.412. The van der Waals surface area contributed by atoms with Gasteiger partial charge in [0.25, 0.3) is 0 Å². The number of aliphatic carboxylic acids is 1. The Morgan fingerprint density at radius 2 is 1.88 bits per heavy atom. The Bertz CT molecular complexity index is 759. The van der Waals surface area contributed by atoms with Crippen molar-refractivity contribution in [2.75, 3.05) is 7.11 Å². The first-order chi connectivity index (χ1) is 12.1. The SMILES string of the molecule is COC(=O)C1C(C=O)N=C(C)C(C(=O)O)C1c1ccccc1C(F)(F)F. The molecule has 0 saturated carbocycles. The van der Waals surface area contributed by atoms with Crippen molar-refractivity contribution < 1.29 is 37.4 Å². The zero-order valence-electron chi connectivity index (χ0n) is 13.9. The number of carboxylic acid groups (broad SMARTS) is 1. The minimum absolute atomic E-state index is 0.0308. The number of carbonyl (C=O) groups is 3. The zero-order valence-corrected chi connectivity index (χ0v) is 13.9. The van der Waals surface area contributed by atoms with Crippen LogP contribution in [0.4, 0.5) is 13.2 Å². The fourth-order valence-electron chi connectivity index (χ4n) is 3.36. The standard InChI is InChI=1S/C17H16F3NO5/c1-8-12(15(23)24)13(14(16(25)26-2)11(7-22)21-8)9-5-3-4-6-10(9)17(18,19)20/h3-7,11-14H,1-2H3,(H,23,24). The van der Waals surface area contributed by atoms with Crippen molar-refractivity contribution >= 4 is 23.9 Å². The van der Waals surface area contributed by atoms with Gasteiger partial charge in [-0.25, -0.2) is 0 Å². The summed E-state index contributed by atoms with van der Waals surface area (Å²) in [6, 6.07) is 3.06. The summed E-state index contributed by atoms with van der Waals surface area (Å²) in [7, 11) is 1.01. The van der Waals surface area contributed by atoms with Crippen LogP contribution in [0.3, 0.4) is 0 Å². The largest absolute Gasteiger partial charge is 0.481 e. The third-order valence-corrected chi connectivity index (χ3v) is 4.42. The molecule has 1 aliphatic rings. The molecule has 0 amide bonds. The van der Waals surface area contributed by atoms with Gasteiger partial charge >= 0.3 is 18.1 Å². The van der Waals surface area contributed by atoms with Gasteiger partial charge in [0.2, 0.25) is 0 Å². The fourth-order valence-corrected chi connectivity index (χ4v) is 3.36. The van der Waals surface area contributed by atoms with Crippen molar-refractivity contribution in [3.8, 4) is 0 Å². The Labute approximate surface area is 146 Å². The lowest BCUT2D eigenvalue weighted by Crippen LogP contribution is -2.47. The number of aldehydes is 1. The molecule has 1 aliphatic heterocycles. The number of alkyl halides is 3. The molecule has 0 aromatic heterocycles. The van der Waals surface area contributed by atoms with Gasteiger partial charge < -0.3 is 14.6 Å². The molecular weight excluding hydrogens is 355 g/mol. The summed E-state index contributed by atoms with van der Waals surface area (Å²) in [5, 5.41) is 9.56. The molecular formula is C17H16F3NO5. The summed E-state index contributed by atoms with van der Waals surface area (Å²) in [6.45, 7) is 1.31. The van der Waals surface area contributed by atoms with E-state index in [1.807, 2.05) is 0 Å². The summed E-state index contributed by atoms with van der Waals surface area (Å²) in [5.41, 5.74) is -1.48. The number of hydrogen-bond acceptors (Lipinski definition) is 5. The number of aliphatic imine (C=N–C) groups is 1. The quantitative estimate of drug-likeness (QED) is 0.648. The van der Waals surface area contributed by atoms with Crippen LogP contribution in [-0.2, 0) is 25.3 Å². The summed E-state index contributed by atoms with van der Waals surface area (Å²) in [5.74, 6) is -6.87. The first-order valence-corrected chi connectivity index (χ1v) is 7.59. The monoisotopic (exact) mass is 371 g/mol. The first-order valence-electron chi connectivity index (χ1n) is 7.59. The van der Waals surface area contributed by atoms with Gasteiger partial charge in [-0.1, -0.05) is 18.2 Å². The molecule has 4 unspecified atom stereocenters. The minimum Gasteiger partial charge on any atom is -0.481 e. The third kappa shape index (κ3) is 3.47. The van der Waals surface area contributed by atoms with E-state index in [9.17, 15) is 32.7 Å². The van der Waals surface area contributed by atoms with Gasteiger partial charge in [-0.05, 0) is 18.6 Å². The minimum atomic E-state index is -4.76. The highest BCUT2D eigenvalue weighted by Crippen LogP contribution is 2.45. The normalized spacial score (nSPS) is 26.0. The third-order valence-electron chi connectivity index (χ3n) is 4.42. The number of carbonyl (C=O) groups excluding carboxylic acids is 2. The number of hydrogen-bond donors (Lipinski definition) is 1. The zero-order chi connectivity index (χ0) is 19.6. The maximum Gasteiger partial charge on any atom is 0.416 e. The highest BCUT2D eigenvalue weighted by atomic mass is 19.4. The second kappa shape index (κ2) is 7.27. The Hall–Kier alpha value is -2.71. The highest BCUT2D eigenvalue weighted by Gasteiger charge is 2.50. The number of carboxylic acids is 1. The first kappa shape index (κ1) is 19.6. The molecule has 0 radical (unpaired) electrons. The van der Waals surface area contributed by atoms with Crippen molar-refractivity contribution in [2.45, 2.75) is 25.1 Å². The number of esters is 1. The van der Waals surface area contributed by atoms with Crippen molar-refractivity contribution in [1.29, 1.82) is 0 Å². The maximum atomic E-state index is 13.5. The Morgan fingerprint density at radius 1 is 1.27 bits per heavy atom. The second-order valence-corrected chi connectivity index (χ2v) is 5.87. The van der Waals surface area contributed by atoms with E-state index >= 15 is 0 Å². The number of nitrogens with zero attached hydrogens (tertiary/aromatic N) is 1. The molecule has 4 atom stereocenters. The van der Waals surface area contributed by atoms with Crippen LogP contribution in [0.5, 0.6) is 0 Å². The smallest absolute Gasteiger partial charge is 0.416 e. The molecule has 26 heavy (non-hydrogen) atoms. The highest BCUT2D eigenvalue weighted by molar-refractivity contribution is 6.04. The number of methoxy groups -OCH3 is 1. The lowest BCUT2D eigenvalue weighted by atomic mass is 9.69. The van der Waals surface area contributed by atoms with Gasteiger partial charge in [-0.3, -0.25) is 14.6 Å². The van der Waals surface area contributed by atoms with E-state index in [-0.39, 0.29) is 11.3 Å². The molecule has 9 heteroatoms. The summed E-state index contributed by atoms with van der Waals surface area (Å²) in [4.78, 5) is 39.3. The van der Waals surface area contributed by atoms with Crippen LogP contribution in [0.1, 0.15) is 24.0 Å². The van der Waals surface area contributed by atoms with Crippen molar-refractivity contribution in [2.24, 2.45) is 16.8 Å². The topological polar surface area (TPSA) is 93.0 Å². The number of halogens is 3. The molecule has 0 spiro atoms. The molecule has 0 bridgehead atoms. The number of benzene rings is 1. The van der Waals surface area contributed by atoms with Crippen LogP contribution >= 0.6 is 0 Å². The van der Waals surface area contributed by atoms with Crippen molar-refractivity contribution in [1.82, 2.24) is 0 Å². The summed E-state index contributed by atoms with van der Waals surface area (Å²) < 4.78 is 45.0. The molecule has 2 rings (SSSR count). The van der Waals surface area contributed by atoms with Gasteiger partial charge in [0.1, 0.15) is 18.2 Å². The van der Waals surface area contributed by atoms with E-state index in [1.54, 1.807) is 0 Å². The van der Waals surface area contributed by atoms with Crippen LogP contribution in [0.15, 0.2) is 29.3 Å². The molecule has 0 fully saturated rings. The van der Waals surface area contributed by atoms with Crippen LogP contribution in [0, 0.1) is 11.8 Å². The Balaban J connectivity index is 2.78. The molecule has 1 aromatic carbocycles. The van der Waals surface area contributed by atoms with E-state index in [2.05, 4.69) is 9.73 Å². The second-order valence-electron chi connectivity index (χ2n) is 5.87. The van der Waals surface area contributed by atoms with Crippen LogP contribution in [0.25, 0.3) is 0 Å². The molecule has 0 aliphatic carbocycles. The maximum absolute atomic E-state index is 13.5. The molecule has 0 saturated heterocycles. The van der Waals surface area contributed by atoms with Crippen LogP contribution in [-0.4, -0.2) is 42.2 Å². The molecule has 140 valence electrons. The van der Waals surface area contributed by atoms with Gasteiger partial charge in [-0.15, -0.1) is 0 Å². The van der Waals surface area contributed by atoms with Crippen LogP contribution in [0.2, 0.25) is 0 Å². The number of ether oxygens (including phenoxy) is 1. The van der Waals surface area contributed by atoms with E-state index in [0.29, 0.717) is 6.29 Å². The van der Waals surface area contributed by atoms with Gasteiger partial charge in [0.05, 0.1) is 18.6 Å². The summed E-state index contributed by atoms with van der Waals surface area (Å²) >= 11 is 0. The predicted octanol–water partition coefficient (Wildman–Crippen LogP) is 2.32. The van der Waals surface area contributed by atoms with E-state index in [4.69, 9.17) is 0 Å². The molecule has 1 aromatic rings. The molecule has 1 N–H and O–H groups in total. The average molecular weight is 371 g/mol. The van der Waals surface area contributed by atoms with Crippen molar-refractivity contribution in [3.05, 3.63) is 35.4 Å². The molecule has 6 nitrogen and oxygen atoms in total. The summed E-state index contributed by atoms with van der Waals surface area (Å²) in [6.07, 6.45) is -4.45. The molecule has 1 heterocycles. The van der Waals surface area contributed by atoms with Gasteiger partial charge in [0.15, 0.2) is 0 Å². The van der Waals surface area contributed by atoms with E-state index < -0.39 is 47.5 Å².